The SMILES string of the molecule is Cc1cc(=O)c(OCC(=O)N2CCN([C@@H](c3ccccc3)c3ccc(Cl)cc3)CC2)c[nH]1. The first-order chi connectivity index (χ1) is 15.5. The van der Waals surface area contributed by atoms with Gasteiger partial charge in [-0.1, -0.05) is 54.1 Å². The summed E-state index contributed by atoms with van der Waals surface area (Å²) in [5, 5.41) is 0.711. The molecule has 2 heterocycles. The number of hydrogen-bond donors (Lipinski definition) is 1. The third kappa shape index (κ3) is 5.21. The molecule has 0 bridgehead atoms. The summed E-state index contributed by atoms with van der Waals surface area (Å²) >= 11 is 6.10. The van der Waals surface area contributed by atoms with Gasteiger partial charge in [0.2, 0.25) is 5.43 Å². The van der Waals surface area contributed by atoms with Crippen LogP contribution in [0.5, 0.6) is 5.75 Å². The molecule has 0 aliphatic carbocycles. The molecule has 1 aromatic heterocycles. The van der Waals surface area contributed by atoms with Crippen molar-refractivity contribution < 1.29 is 9.53 Å². The van der Waals surface area contributed by atoms with Gasteiger partial charge >= 0.3 is 0 Å². The van der Waals surface area contributed by atoms with Gasteiger partial charge in [-0.05, 0) is 30.2 Å². The number of ether oxygens (including phenoxy) is 1. The Kier molecular flexibility index (Phi) is 6.93. The van der Waals surface area contributed by atoms with Crippen LogP contribution in [-0.4, -0.2) is 53.5 Å². The fraction of sp³-hybridized carbons (Fsp3) is 0.280. The van der Waals surface area contributed by atoms with E-state index >= 15 is 0 Å². The predicted octanol–water partition coefficient (Wildman–Crippen LogP) is 3.65. The number of aryl methyl sites for hydroxylation is 1. The zero-order valence-electron chi connectivity index (χ0n) is 18.0. The van der Waals surface area contributed by atoms with E-state index in [9.17, 15) is 9.59 Å². The van der Waals surface area contributed by atoms with Gasteiger partial charge in [-0.2, -0.15) is 0 Å². The standard InChI is InChI=1S/C25H26ClN3O3/c1-18-15-22(30)23(16-27-18)32-17-24(31)28-11-13-29(14-12-28)25(19-5-3-2-4-6-19)20-7-9-21(26)10-8-20/h2-10,15-16,25H,11-14,17H2,1H3,(H,27,30)/t25-/m0/s1. The number of nitrogens with zero attached hydrogens (tertiary/aromatic N) is 2. The molecular formula is C25H26ClN3O3. The molecule has 0 unspecified atom stereocenters. The fourth-order valence-electron chi connectivity index (χ4n) is 4.03. The number of benzene rings is 2. The zero-order chi connectivity index (χ0) is 22.5. The lowest BCUT2D eigenvalue weighted by molar-refractivity contribution is -0.135. The first-order valence-corrected chi connectivity index (χ1v) is 11.0. The number of piperazine rings is 1. The Bertz CT molecular complexity index is 1110. The lowest BCUT2D eigenvalue weighted by Crippen LogP contribution is -2.51. The number of amides is 1. The lowest BCUT2D eigenvalue weighted by atomic mass is 9.96. The number of H-pyrrole nitrogens is 1. The van der Waals surface area contributed by atoms with E-state index in [1.807, 2.05) is 30.3 Å². The van der Waals surface area contributed by atoms with Gasteiger partial charge in [0.15, 0.2) is 12.4 Å². The van der Waals surface area contributed by atoms with E-state index < -0.39 is 0 Å². The number of aromatic nitrogens is 1. The van der Waals surface area contributed by atoms with Gasteiger partial charge in [0.25, 0.3) is 5.91 Å². The van der Waals surface area contributed by atoms with E-state index in [0.717, 1.165) is 18.8 Å². The normalized spacial score (nSPS) is 15.4. The van der Waals surface area contributed by atoms with Gasteiger partial charge in [0.1, 0.15) is 0 Å². The third-order valence-electron chi connectivity index (χ3n) is 5.71. The number of pyridine rings is 1. The maximum Gasteiger partial charge on any atom is 0.260 e. The van der Waals surface area contributed by atoms with Crippen molar-refractivity contribution in [1.82, 2.24) is 14.8 Å². The molecule has 1 saturated heterocycles. The number of hydrogen-bond acceptors (Lipinski definition) is 4. The molecule has 6 nitrogen and oxygen atoms in total. The minimum absolute atomic E-state index is 0.0908. The van der Waals surface area contributed by atoms with Crippen LogP contribution >= 0.6 is 11.6 Å². The van der Waals surface area contributed by atoms with Gasteiger partial charge in [-0.25, -0.2) is 0 Å². The van der Waals surface area contributed by atoms with E-state index in [4.69, 9.17) is 16.3 Å². The number of rotatable bonds is 6. The third-order valence-corrected chi connectivity index (χ3v) is 5.96. The largest absolute Gasteiger partial charge is 0.478 e. The van der Waals surface area contributed by atoms with Crippen LogP contribution in [0.25, 0.3) is 0 Å². The summed E-state index contributed by atoms with van der Waals surface area (Å²) in [6.07, 6.45) is 1.50. The maximum absolute atomic E-state index is 12.7. The molecule has 4 rings (SSSR count). The Morgan fingerprint density at radius 1 is 1.03 bits per heavy atom. The summed E-state index contributed by atoms with van der Waals surface area (Å²) in [5.74, 6) is 0.0434. The van der Waals surface area contributed by atoms with Crippen molar-refractivity contribution in [2.75, 3.05) is 32.8 Å². The quantitative estimate of drug-likeness (QED) is 0.621. The van der Waals surface area contributed by atoms with Crippen LogP contribution in [0, 0.1) is 6.92 Å². The zero-order valence-corrected chi connectivity index (χ0v) is 18.7. The highest BCUT2D eigenvalue weighted by molar-refractivity contribution is 6.30. The van der Waals surface area contributed by atoms with Crippen LogP contribution in [0.2, 0.25) is 5.02 Å². The average Bonchev–Trinajstić information content (AvgIpc) is 2.81. The first kappa shape index (κ1) is 22.1. The van der Waals surface area contributed by atoms with Gasteiger partial charge in [0.05, 0.1) is 6.04 Å². The second kappa shape index (κ2) is 10.0. The molecule has 166 valence electrons. The molecule has 0 saturated carbocycles. The van der Waals surface area contributed by atoms with Crippen LogP contribution in [0.15, 0.2) is 71.7 Å². The second-order valence-corrected chi connectivity index (χ2v) is 8.35. The fourth-order valence-corrected chi connectivity index (χ4v) is 4.15. The number of carbonyl (C=O) groups excluding carboxylic acids is 1. The number of nitrogens with one attached hydrogen (secondary N) is 1. The van der Waals surface area contributed by atoms with Crippen molar-refractivity contribution in [3.05, 3.63) is 98.9 Å². The first-order valence-electron chi connectivity index (χ1n) is 10.7. The van der Waals surface area contributed by atoms with E-state index in [2.05, 4.69) is 34.1 Å². The number of halogens is 1. The molecule has 7 heteroatoms. The monoisotopic (exact) mass is 451 g/mol. The Morgan fingerprint density at radius 3 is 2.34 bits per heavy atom. The van der Waals surface area contributed by atoms with Crippen LogP contribution in [0.4, 0.5) is 0 Å². The van der Waals surface area contributed by atoms with Crippen molar-refractivity contribution in [2.45, 2.75) is 13.0 Å². The summed E-state index contributed by atoms with van der Waals surface area (Å²) in [6.45, 7) is 4.32. The summed E-state index contributed by atoms with van der Waals surface area (Å²) in [7, 11) is 0. The summed E-state index contributed by atoms with van der Waals surface area (Å²) < 4.78 is 5.47. The summed E-state index contributed by atoms with van der Waals surface area (Å²) in [4.78, 5) is 31.7. The van der Waals surface area contributed by atoms with E-state index in [-0.39, 0.29) is 29.7 Å². The Labute approximate surface area is 192 Å². The lowest BCUT2D eigenvalue weighted by Gasteiger charge is -2.39. The molecule has 1 fully saturated rings. The summed E-state index contributed by atoms with van der Waals surface area (Å²) in [5.41, 5.74) is 2.89. The highest BCUT2D eigenvalue weighted by Crippen LogP contribution is 2.30. The summed E-state index contributed by atoms with van der Waals surface area (Å²) in [6, 6.07) is 19.9. The van der Waals surface area contributed by atoms with Crippen LogP contribution in [0.1, 0.15) is 22.9 Å². The molecule has 2 aromatic carbocycles. The van der Waals surface area contributed by atoms with Crippen LogP contribution in [-0.2, 0) is 4.79 Å². The minimum atomic E-state index is -0.229. The van der Waals surface area contributed by atoms with E-state index in [1.54, 1.807) is 11.8 Å². The molecule has 0 spiro atoms. The van der Waals surface area contributed by atoms with Crippen molar-refractivity contribution >= 4 is 17.5 Å². The van der Waals surface area contributed by atoms with E-state index in [1.165, 1.54) is 23.4 Å². The highest BCUT2D eigenvalue weighted by atomic mass is 35.5. The predicted molar refractivity (Wildman–Crippen MR) is 125 cm³/mol. The molecule has 32 heavy (non-hydrogen) atoms. The minimum Gasteiger partial charge on any atom is -0.478 e. The van der Waals surface area contributed by atoms with Crippen molar-refractivity contribution in [2.24, 2.45) is 0 Å². The average molecular weight is 452 g/mol. The van der Waals surface area contributed by atoms with Crippen LogP contribution < -0.4 is 10.2 Å². The van der Waals surface area contributed by atoms with Crippen LogP contribution in [0.3, 0.4) is 0 Å². The van der Waals surface area contributed by atoms with Gasteiger partial charge in [-0.15, -0.1) is 0 Å². The highest BCUT2D eigenvalue weighted by Gasteiger charge is 2.28. The van der Waals surface area contributed by atoms with Gasteiger partial charge in [-0.3, -0.25) is 14.5 Å². The Hall–Kier alpha value is -3.09. The molecule has 3 aromatic rings. The van der Waals surface area contributed by atoms with Gasteiger partial charge in [0, 0.05) is 49.2 Å². The van der Waals surface area contributed by atoms with Crippen molar-refractivity contribution in [1.29, 1.82) is 0 Å². The molecule has 1 aliphatic heterocycles. The maximum atomic E-state index is 12.7. The molecule has 1 aliphatic rings. The Balaban J connectivity index is 1.41. The number of carbonyl (C=O) groups is 1. The topological polar surface area (TPSA) is 65.6 Å². The molecule has 1 amide bonds. The molecule has 1 atom stereocenters. The smallest absolute Gasteiger partial charge is 0.260 e. The molecular weight excluding hydrogens is 426 g/mol. The van der Waals surface area contributed by atoms with E-state index in [0.29, 0.717) is 18.1 Å². The van der Waals surface area contributed by atoms with Gasteiger partial charge < -0.3 is 14.6 Å². The van der Waals surface area contributed by atoms with Crippen molar-refractivity contribution in [3.8, 4) is 5.75 Å². The van der Waals surface area contributed by atoms with Crippen molar-refractivity contribution in [3.63, 3.8) is 0 Å². The number of aromatic amines is 1. The molecule has 0 radical (unpaired) electrons. The Morgan fingerprint density at radius 2 is 1.69 bits per heavy atom. The molecule has 1 N–H and O–H groups in total. The second-order valence-electron chi connectivity index (χ2n) is 7.91.